The van der Waals surface area contributed by atoms with Crippen molar-refractivity contribution in [2.24, 2.45) is 0 Å². The summed E-state index contributed by atoms with van der Waals surface area (Å²) in [5.41, 5.74) is 1.57. The molecule has 2 rings (SSSR count). The van der Waals surface area contributed by atoms with Crippen LogP contribution in [0.4, 0.5) is 11.4 Å². The predicted molar refractivity (Wildman–Crippen MR) is 97.4 cm³/mol. The zero-order valence-corrected chi connectivity index (χ0v) is 15.2. The minimum Gasteiger partial charge on any atom is -0.326 e. The third-order valence-corrected chi connectivity index (χ3v) is 5.22. The van der Waals surface area contributed by atoms with Crippen LogP contribution in [-0.4, -0.2) is 25.8 Å². The monoisotopic (exact) mass is 377 g/mol. The Morgan fingerprint density at radius 2 is 1.88 bits per heavy atom. The molecule has 0 aliphatic carbocycles. The SMILES string of the molecule is Cc1ccc(C)c(S(=O)(=O)NCCC(=O)Nc2cccc([N+](=O)[O-])c2)c1. The van der Waals surface area contributed by atoms with Gasteiger partial charge in [0.05, 0.1) is 9.82 Å². The smallest absolute Gasteiger partial charge is 0.271 e. The Balaban J connectivity index is 1.94. The van der Waals surface area contributed by atoms with Gasteiger partial charge in [0.15, 0.2) is 0 Å². The number of hydrogen-bond acceptors (Lipinski definition) is 5. The molecule has 0 bridgehead atoms. The first-order chi connectivity index (χ1) is 12.2. The summed E-state index contributed by atoms with van der Waals surface area (Å²) in [5.74, 6) is -0.450. The van der Waals surface area contributed by atoms with Gasteiger partial charge in [-0.3, -0.25) is 14.9 Å². The zero-order chi connectivity index (χ0) is 19.3. The van der Waals surface area contributed by atoms with Gasteiger partial charge < -0.3 is 5.32 Å². The van der Waals surface area contributed by atoms with E-state index in [9.17, 15) is 23.3 Å². The third-order valence-electron chi connectivity index (χ3n) is 3.62. The molecule has 0 saturated heterocycles. The molecule has 2 aromatic carbocycles. The molecule has 26 heavy (non-hydrogen) atoms. The molecule has 2 N–H and O–H groups in total. The van der Waals surface area contributed by atoms with Crippen molar-refractivity contribution in [3.8, 4) is 0 Å². The van der Waals surface area contributed by atoms with Crippen LogP contribution in [0.15, 0.2) is 47.4 Å². The average Bonchev–Trinajstić information content (AvgIpc) is 2.57. The number of benzene rings is 2. The van der Waals surface area contributed by atoms with Crippen LogP contribution >= 0.6 is 0 Å². The van der Waals surface area contributed by atoms with Crippen molar-refractivity contribution in [1.29, 1.82) is 0 Å². The van der Waals surface area contributed by atoms with Crippen LogP contribution in [0.5, 0.6) is 0 Å². The number of nitrogens with one attached hydrogen (secondary N) is 2. The molecule has 1 amide bonds. The van der Waals surface area contributed by atoms with E-state index in [4.69, 9.17) is 0 Å². The summed E-state index contributed by atoms with van der Waals surface area (Å²) in [4.78, 5) is 22.3. The summed E-state index contributed by atoms with van der Waals surface area (Å²) in [6.45, 7) is 3.41. The minimum atomic E-state index is -3.72. The van der Waals surface area contributed by atoms with Crippen molar-refractivity contribution >= 4 is 27.3 Å². The predicted octanol–water partition coefficient (Wildman–Crippen LogP) is 2.52. The maximum atomic E-state index is 12.3. The second-order valence-electron chi connectivity index (χ2n) is 5.77. The highest BCUT2D eigenvalue weighted by Crippen LogP contribution is 2.18. The number of amides is 1. The molecule has 0 aliphatic heterocycles. The quantitative estimate of drug-likeness (QED) is 0.568. The fraction of sp³-hybridized carbons (Fsp3) is 0.235. The van der Waals surface area contributed by atoms with Crippen molar-refractivity contribution in [2.45, 2.75) is 25.2 Å². The van der Waals surface area contributed by atoms with E-state index < -0.39 is 20.9 Å². The lowest BCUT2D eigenvalue weighted by Gasteiger charge is -2.10. The highest BCUT2D eigenvalue weighted by atomic mass is 32.2. The Morgan fingerprint density at radius 1 is 1.15 bits per heavy atom. The second kappa shape index (κ2) is 8.07. The molecule has 0 atom stereocenters. The van der Waals surface area contributed by atoms with Crippen LogP contribution in [0, 0.1) is 24.0 Å². The zero-order valence-electron chi connectivity index (χ0n) is 14.4. The standard InChI is InChI=1S/C17H19N3O5S/c1-12-6-7-13(2)16(10-12)26(24,25)18-9-8-17(21)19-14-4-3-5-15(11-14)20(22)23/h3-7,10-11,18H,8-9H2,1-2H3,(H,19,21). The van der Waals surface area contributed by atoms with Gasteiger partial charge in [-0.2, -0.15) is 0 Å². The number of hydrogen-bond donors (Lipinski definition) is 2. The maximum absolute atomic E-state index is 12.3. The van der Waals surface area contributed by atoms with Crippen molar-refractivity contribution < 1.29 is 18.1 Å². The summed E-state index contributed by atoms with van der Waals surface area (Å²) >= 11 is 0. The first-order valence-corrected chi connectivity index (χ1v) is 9.28. The van der Waals surface area contributed by atoms with Crippen molar-refractivity contribution in [2.75, 3.05) is 11.9 Å². The molecular formula is C17H19N3O5S. The van der Waals surface area contributed by atoms with Gasteiger partial charge in [0.1, 0.15) is 0 Å². The Hall–Kier alpha value is -2.78. The summed E-state index contributed by atoms with van der Waals surface area (Å²) in [7, 11) is -3.72. The fourth-order valence-electron chi connectivity index (χ4n) is 2.29. The van der Waals surface area contributed by atoms with Crippen LogP contribution in [0.25, 0.3) is 0 Å². The molecule has 0 fully saturated rings. The Morgan fingerprint density at radius 3 is 2.58 bits per heavy atom. The first kappa shape index (κ1) is 19.5. The van der Waals surface area contributed by atoms with E-state index in [0.717, 1.165) is 5.56 Å². The molecule has 0 heterocycles. The molecule has 0 saturated carbocycles. The lowest BCUT2D eigenvalue weighted by molar-refractivity contribution is -0.384. The Bertz CT molecular complexity index is 941. The summed E-state index contributed by atoms with van der Waals surface area (Å²) in [5, 5.41) is 13.2. The van der Waals surface area contributed by atoms with Gasteiger partial charge in [-0.05, 0) is 37.1 Å². The number of carbonyl (C=O) groups is 1. The van der Waals surface area contributed by atoms with Gasteiger partial charge in [-0.15, -0.1) is 0 Å². The summed E-state index contributed by atoms with van der Waals surface area (Å²) < 4.78 is 27.1. The number of carbonyl (C=O) groups excluding carboxylic acids is 1. The first-order valence-electron chi connectivity index (χ1n) is 7.80. The van der Waals surface area contributed by atoms with E-state index >= 15 is 0 Å². The van der Waals surface area contributed by atoms with E-state index in [1.807, 2.05) is 6.07 Å². The largest absolute Gasteiger partial charge is 0.326 e. The molecule has 0 radical (unpaired) electrons. The number of nitro benzene ring substituents is 1. The van der Waals surface area contributed by atoms with Crippen molar-refractivity contribution in [3.05, 3.63) is 63.7 Å². The van der Waals surface area contributed by atoms with Crippen LogP contribution in [-0.2, 0) is 14.8 Å². The Labute approximate surface area is 151 Å². The highest BCUT2D eigenvalue weighted by Gasteiger charge is 2.17. The van der Waals surface area contributed by atoms with E-state index in [2.05, 4.69) is 10.0 Å². The maximum Gasteiger partial charge on any atom is 0.271 e. The minimum absolute atomic E-state index is 0.0868. The average molecular weight is 377 g/mol. The number of non-ortho nitro benzene ring substituents is 1. The second-order valence-corrected chi connectivity index (χ2v) is 7.51. The number of sulfonamides is 1. The van der Waals surface area contributed by atoms with Crippen LogP contribution in [0.3, 0.4) is 0 Å². The summed E-state index contributed by atoms with van der Waals surface area (Å²) in [6.07, 6.45) is -0.104. The van der Waals surface area contributed by atoms with E-state index in [1.165, 1.54) is 24.3 Å². The van der Waals surface area contributed by atoms with Crippen molar-refractivity contribution in [1.82, 2.24) is 4.72 Å². The number of nitrogens with zero attached hydrogens (tertiary/aromatic N) is 1. The van der Waals surface area contributed by atoms with Crippen LogP contribution in [0.1, 0.15) is 17.5 Å². The van der Waals surface area contributed by atoms with Gasteiger partial charge in [0.25, 0.3) is 5.69 Å². The molecule has 9 heteroatoms. The molecule has 0 unspecified atom stereocenters. The number of nitro groups is 1. The molecule has 0 aromatic heterocycles. The number of aryl methyl sites for hydroxylation is 2. The van der Waals surface area contributed by atoms with Gasteiger partial charge in [0.2, 0.25) is 15.9 Å². The molecule has 8 nitrogen and oxygen atoms in total. The summed E-state index contributed by atoms with van der Waals surface area (Å²) in [6, 6.07) is 10.6. The van der Waals surface area contributed by atoms with E-state index in [-0.39, 0.29) is 29.2 Å². The number of rotatable bonds is 7. The molecule has 2 aromatic rings. The van der Waals surface area contributed by atoms with E-state index in [0.29, 0.717) is 5.56 Å². The molecule has 0 spiro atoms. The lowest BCUT2D eigenvalue weighted by atomic mass is 10.2. The van der Waals surface area contributed by atoms with Crippen LogP contribution < -0.4 is 10.0 Å². The molecule has 138 valence electrons. The topological polar surface area (TPSA) is 118 Å². The molecule has 0 aliphatic rings. The fourth-order valence-corrected chi connectivity index (χ4v) is 3.65. The normalized spacial score (nSPS) is 11.2. The highest BCUT2D eigenvalue weighted by molar-refractivity contribution is 7.89. The van der Waals surface area contributed by atoms with E-state index in [1.54, 1.807) is 26.0 Å². The lowest BCUT2D eigenvalue weighted by Crippen LogP contribution is -2.28. The molecular weight excluding hydrogens is 358 g/mol. The van der Waals surface area contributed by atoms with Crippen molar-refractivity contribution in [3.63, 3.8) is 0 Å². The van der Waals surface area contributed by atoms with Gasteiger partial charge in [0, 0.05) is 30.8 Å². The third kappa shape index (κ3) is 5.11. The van der Waals surface area contributed by atoms with Gasteiger partial charge >= 0.3 is 0 Å². The van der Waals surface area contributed by atoms with Gasteiger partial charge in [-0.1, -0.05) is 18.2 Å². The Kier molecular flexibility index (Phi) is 6.06. The van der Waals surface area contributed by atoms with Gasteiger partial charge in [-0.25, -0.2) is 13.1 Å². The number of anilines is 1. The van der Waals surface area contributed by atoms with Crippen LogP contribution in [0.2, 0.25) is 0 Å².